The van der Waals surface area contributed by atoms with Crippen LogP contribution >= 0.6 is 0 Å². The minimum absolute atomic E-state index is 0.00642. The smallest absolute Gasteiger partial charge is 0.277 e. The van der Waals surface area contributed by atoms with E-state index in [4.69, 9.17) is 0 Å². The molecule has 3 N–H and O–H groups in total. The van der Waals surface area contributed by atoms with Crippen LogP contribution in [0.2, 0.25) is 0 Å². The zero-order valence-electron chi connectivity index (χ0n) is 16.7. The molecule has 1 aromatic heterocycles. The molecule has 0 bridgehead atoms. The maximum Gasteiger partial charge on any atom is 0.277 e. The standard InChI is InChI=1S/C23H20N4O4/c1-15(28)24-19-12-11-17(27(30)31)13-18(19)22-23(29)26(14-16-7-3-2-4-8-16)21-10-6-5-9-20(21)25-22/h2-13,27,30H,14H2,1H3,(H,24,28). The van der Waals surface area contributed by atoms with E-state index in [1.165, 1.54) is 25.1 Å². The Morgan fingerprint density at radius 1 is 1.10 bits per heavy atom. The van der Waals surface area contributed by atoms with Gasteiger partial charge in [-0.2, -0.15) is 5.23 Å². The molecule has 0 saturated carbocycles. The van der Waals surface area contributed by atoms with Gasteiger partial charge in [-0.3, -0.25) is 9.59 Å². The van der Waals surface area contributed by atoms with E-state index in [1.54, 1.807) is 10.6 Å². The number of fused-ring (bicyclic) bond motifs is 1. The van der Waals surface area contributed by atoms with Crippen molar-refractivity contribution < 1.29 is 15.2 Å². The van der Waals surface area contributed by atoms with Crippen LogP contribution in [0.25, 0.3) is 22.3 Å². The molecular formula is C23H20N4O4. The van der Waals surface area contributed by atoms with Crippen LogP contribution in [-0.4, -0.2) is 20.7 Å². The number of anilines is 1. The Morgan fingerprint density at radius 3 is 2.52 bits per heavy atom. The highest BCUT2D eigenvalue weighted by atomic mass is 16.8. The number of nitrogens with zero attached hydrogens (tertiary/aromatic N) is 2. The summed E-state index contributed by atoms with van der Waals surface area (Å²) >= 11 is 0. The van der Waals surface area contributed by atoms with Gasteiger partial charge in [0.2, 0.25) is 5.91 Å². The third-order valence-electron chi connectivity index (χ3n) is 4.87. The van der Waals surface area contributed by atoms with E-state index in [0.29, 0.717) is 23.3 Å². The number of hydrogen-bond donors (Lipinski definition) is 3. The number of quaternary nitrogens is 1. The number of hydrogen-bond acceptors (Lipinski definition) is 5. The lowest BCUT2D eigenvalue weighted by Crippen LogP contribution is -2.99. The normalized spacial score (nSPS) is 12.0. The zero-order chi connectivity index (χ0) is 22.0. The fourth-order valence-corrected chi connectivity index (χ4v) is 3.46. The molecule has 8 heteroatoms. The second-order valence-electron chi connectivity index (χ2n) is 7.07. The molecule has 1 atom stereocenters. The molecule has 0 saturated heterocycles. The second kappa shape index (κ2) is 8.49. The third-order valence-corrected chi connectivity index (χ3v) is 4.87. The molecule has 0 aliphatic carbocycles. The summed E-state index contributed by atoms with van der Waals surface area (Å²) in [4.78, 5) is 29.8. The lowest BCUT2D eigenvalue weighted by molar-refractivity contribution is -0.991. The van der Waals surface area contributed by atoms with Crippen molar-refractivity contribution in [1.82, 2.24) is 9.55 Å². The fraction of sp³-hybridized carbons (Fsp3) is 0.0870. The van der Waals surface area contributed by atoms with Gasteiger partial charge in [0.05, 0.1) is 23.3 Å². The number of nitrogens with one attached hydrogen (secondary N) is 2. The molecular weight excluding hydrogens is 396 g/mol. The molecule has 156 valence electrons. The van der Waals surface area contributed by atoms with Gasteiger partial charge in [-0.1, -0.05) is 42.5 Å². The Hall–Kier alpha value is -3.85. The van der Waals surface area contributed by atoms with E-state index in [-0.39, 0.29) is 28.4 Å². The highest BCUT2D eigenvalue weighted by molar-refractivity contribution is 5.94. The van der Waals surface area contributed by atoms with E-state index >= 15 is 0 Å². The molecule has 0 aliphatic heterocycles. The average Bonchev–Trinajstić information content (AvgIpc) is 2.76. The van der Waals surface area contributed by atoms with Gasteiger partial charge in [0.1, 0.15) is 5.69 Å². The quantitative estimate of drug-likeness (QED) is 0.433. The van der Waals surface area contributed by atoms with Gasteiger partial charge in [-0.25, -0.2) is 10.2 Å². The number of aromatic nitrogens is 2. The van der Waals surface area contributed by atoms with E-state index < -0.39 is 5.23 Å². The number of carbonyl (C=O) groups is 1. The summed E-state index contributed by atoms with van der Waals surface area (Å²) in [7, 11) is 0. The Bertz CT molecular complexity index is 1320. The summed E-state index contributed by atoms with van der Waals surface area (Å²) in [6.45, 7) is 1.67. The van der Waals surface area contributed by atoms with Gasteiger partial charge in [0.25, 0.3) is 5.56 Å². The molecule has 31 heavy (non-hydrogen) atoms. The van der Waals surface area contributed by atoms with Gasteiger partial charge < -0.3 is 15.1 Å². The first-order valence-corrected chi connectivity index (χ1v) is 9.63. The maximum absolute atomic E-state index is 13.5. The van der Waals surface area contributed by atoms with Gasteiger partial charge >= 0.3 is 0 Å². The largest absolute Gasteiger partial charge is 0.595 e. The van der Waals surface area contributed by atoms with Crippen LogP contribution in [0.3, 0.4) is 0 Å². The molecule has 8 nitrogen and oxygen atoms in total. The van der Waals surface area contributed by atoms with Gasteiger partial charge in [-0.15, -0.1) is 0 Å². The fourth-order valence-electron chi connectivity index (χ4n) is 3.46. The molecule has 4 rings (SSSR count). The van der Waals surface area contributed by atoms with Crippen molar-refractivity contribution in [2.24, 2.45) is 0 Å². The molecule has 1 amide bonds. The number of para-hydroxylation sites is 2. The summed E-state index contributed by atoms with van der Waals surface area (Å²) in [6.07, 6.45) is 0. The van der Waals surface area contributed by atoms with Crippen LogP contribution in [0.1, 0.15) is 12.5 Å². The minimum atomic E-state index is -1.14. The monoisotopic (exact) mass is 416 g/mol. The van der Waals surface area contributed by atoms with E-state index in [9.17, 15) is 20.0 Å². The van der Waals surface area contributed by atoms with Gasteiger partial charge in [0.15, 0.2) is 5.69 Å². The van der Waals surface area contributed by atoms with E-state index in [2.05, 4.69) is 10.3 Å². The predicted octanol–water partition coefficient (Wildman–Crippen LogP) is 2.47. The first kappa shape index (κ1) is 20.4. The molecule has 0 radical (unpaired) electrons. The summed E-state index contributed by atoms with van der Waals surface area (Å²) in [6, 6.07) is 21.0. The molecule has 0 aliphatic rings. The molecule has 0 fully saturated rings. The molecule has 1 heterocycles. The van der Waals surface area contributed by atoms with Crippen LogP contribution in [0, 0.1) is 5.21 Å². The second-order valence-corrected chi connectivity index (χ2v) is 7.07. The van der Waals surface area contributed by atoms with Crippen LogP contribution in [0.4, 0.5) is 11.4 Å². The third kappa shape index (κ3) is 4.22. The van der Waals surface area contributed by atoms with Crippen molar-refractivity contribution in [3.63, 3.8) is 0 Å². The summed E-state index contributed by atoms with van der Waals surface area (Å²) in [5.41, 5.74) is 2.45. The molecule has 1 unspecified atom stereocenters. The number of amides is 1. The van der Waals surface area contributed by atoms with Crippen LogP contribution in [0.15, 0.2) is 77.6 Å². The van der Waals surface area contributed by atoms with Crippen molar-refractivity contribution >= 4 is 28.3 Å². The Kier molecular flexibility index (Phi) is 5.59. The van der Waals surface area contributed by atoms with Crippen LogP contribution in [-0.2, 0) is 11.3 Å². The Labute approximate surface area is 177 Å². The van der Waals surface area contributed by atoms with E-state index in [0.717, 1.165) is 5.56 Å². The van der Waals surface area contributed by atoms with Gasteiger partial charge in [0, 0.05) is 24.6 Å². The highest BCUT2D eigenvalue weighted by Gasteiger charge is 2.18. The Morgan fingerprint density at radius 2 is 1.81 bits per heavy atom. The summed E-state index contributed by atoms with van der Waals surface area (Å²) in [5, 5.41) is 22.5. The van der Waals surface area contributed by atoms with Crippen molar-refractivity contribution in [2.45, 2.75) is 13.5 Å². The van der Waals surface area contributed by atoms with Crippen molar-refractivity contribution in [3.8, 4) is 11.3 Å². The lowest BCUT2D eigenvalue weighted by Gasteiger charge is -2.17. The highest BCUT2D eigenvalue weighted by Crippen LogP contribution is 2.28. The summed E-state index contributed by atoms with van der Waals surface area (Å²) < 4.78 is 1.61. The first-order valence-electron chi connectivity index (χ1n) is 9.63. The molecule has 4 aromatic rings. The van der Waals surface area contributed by atoms with Crippen molar-refractivity contribution in [3.05, 3.63) is 93.9 Å². The van der Waals surface area contributed by atoms with Crippen LogP contribution < -0.4 is 16.1 Å². The SMILES string of the molecule is CC(=O)Nc1ccc([NH+]([O-])O)cc1-c1nc2ccccc2n(Cc2ccccc2)c1=O. The number of rotatable bonds is 5. The first-order chi connectivity index (χ1) is 14.9. The number of carbonyl (C=O) groups excluding carboxylic acids is 1. The Balaban J connectivity index is 1.99. The molecule has 3 aromatic carbocycles. The maximum atomic E-state index is 13.5. The average molecular weight is 416 g/mol. The lowest BCUT2D eigenvalue weighted by atomic mass is 10.1. The zero-order valence-corrected chi connectivity index (χ0v) is 16.7. The van der Waals surface area contributed by atoms with Crippen molar-refractivity contribution in [1.29, 1.82) is 0 Å². The van der Waals surface area contributed by atoms with Crippen molar-refractivity contribution in [2.75, 3.05) is 5.32 Å². The summed E-state index contributed by atoms with van der Waals surface area (Å²) in [5.74, 6) is -0.338. The topological polar surface area (TPSA) is 112 Å². The molecule has 0 spiro atoms. The van der Waals surface area contributed by atoms with Crippen LogP contribution in [0.5, 0.6) is 0 Å². The van der Waals surface area contributed by atoms with E-state index in [1.807, 2.05) is 48.5 Å². The minimum Gasteiger partial charge on any atom is -0.595 e. The predicted molar refractivity (Wildman–Crippen MR) is 117 cm³/mol. The van der Waals surface area contributed by atoms with Gasteiger partial charge in [-0.05, 0) is 23.8 Å². The number of benzene rings is 3.